The standard InChI is InChI=1S/C18H15Cl2N5O3/c1-9-12(6-22-24-21)16(11-4-3-10(19)5-13(11)20)17-14(23-9)7-25(18(17)27)8-15(26)28-2/h3-5,7,27H,6,8H2,1-2H3. The first-order valence-corrected chi connectivity index (χ1v) is 8.87. The van der Waals surface area contributed by atoms with Crippen molar-refractivity contribution in [2.24, 2.45) is 5.11 Å². The summed E-state index contributed by atoms with van der Waals surface area (Å²) < 4.78 is 6.01. The van der Waals surface area contributed by atoms with Crippen LogP contribution in [-0.4, -0.2) is 27.7 Å². The maximum Gasteiger partial charge on any atom is 0.325 e. The number of nitrogens with zero attached hydrogens (tertiary/aromatic N) is 5. The second kappa shape index (κ2) is 7.98. The zero-order valence-corrected chi connectivity index (χ0v) is 16.5. The van der Waals surface area contributed by atoms with Crippen LogP contribution >= 0.6 is 23.2 Å². The van der Waals surface area contributed by atoms with Crippen molar-refractivity contribution in [1.82, 2.24) is 9.55 Å². The minimum atomic E-state index is -0.521. The Balaban J connectivity index is 2.38. The number of rotatable bonds is 5. The fourth-order valence-electron chi connectivity index (χ4n) is 3.05. The molecule has 0 atom stereocenters. The molecule has 0 aliphatic carbocycles. The predicted molar refractivity (Wildman–Crippen MR) is 106 cm³/mol. The van der Waals surface area contributed by atoms with Crippen LogP contribution in [0.4, 0.5) is 0 Å². The monoisotopic (exact) mass is 419 g/mol. The van der Waals surface area contributed by atoms with Crippen LogP contribution in [0.5, 0.6) is 5.88 Å². The van der Waals surface area contributed by atoms with E-state index in [0.29, 0.717) is 43.3 Å². The van der Waals surface area contributed by atoms with Crippen LogP contribution in [0.3, 0.4) is 0 Å². The first-order valence-electron chi connectivity index (χ1n) is 8.11. The van der Waals surface area contributed by atoms with Gasteiger partial charge in [-0.2, -0.15) is 0 Å². The third kappa shape index (κ3) is 3.57. The molecule has 0 spiro atoms. The largest absolute Gasteiger partial charge is 0.494 e. The molecule has 3 rings (SSSR count). The number of ether oxygens (including phenoxy) is 1. The molecule has 0 unspecified atom stereocenters. The van der Waals surface area contributed by atoms with Gasteiger partial charge in [-0.1, -0.05) is 34.4 Å². The van der Waals surface area contributed by atoms with Crippen LogP contribution in [0.1, 0.15) is 11.3 Å². The van der Waals surface area contributed by atoms with Gasteiger partial charge in [0.05, 0.1) is 24.6 Å². The number of methoxy groups -OCH3 is 1. The highest BCUT2D eigenvalue weighted by atomic mass is 35.5. The number of aryl methyl sites for hydroxylation is 1. The molecule has 0 radical (unpaired) electrons. The number of carbonyl (C=O) groups excluding carboxylic acids is 1. The van der Waals surface area contributed by atoms with E-state index in [1.807, 2.05) is 0 Å². The zero-order valence-electron chi connectivity index (χ0n) is 15.0. The van der Waals surface area contributed by atoms with Gasteiger partial charge in [-0.25, -0.2) is 0 Å². The predicted octanol–water partition coefficient (Wildman–Crippen LogP) is 5.01. The number of pyridine rings is 1. The number of aromatic hydroxyl groups is 1. The number of azide groups is 1. The summed E-state index contributed by atoms with van der Waals surface area (Å²) in [4.78, 5) is 19.0. The lowest BCUT2D eigenvalue weighted by atomic mass is 9.95. The van der Waals surface area contributed by atoms with Crippen molar-refractivity contribution in [2.45, 2.75) is 20.0 Å². The van der Waals surface area contributed by atoms with Crippen molar-refractivity contribution < 1.29 is 14.6 Å². The van der Waals surface area contributed by atoms with Gasteiger partial charge in [-0.05, 0) is 30.2 Å². The Labute approximate surface area is 169 Å². The zero-order chi connectivity index (χ0) is 20.4. The van der Waals surface area contributed by atoms with E-state index in [2.05, 4.69) is 19.7 Å². The molecule has 3 aromatic rings. The average Bonchev–Trinajstić information content (AvgIpc) is 2.95. The molecule has 0 saturated carbocycles. The fraction of sp³-hybridized carbons (Fsp3) is 0.222. The molecule has 0 bridgehead atoms. The Morgan fingerprint density at radius 1 is 1.43 bits per heavy atom. The highest BCUT2D eigenvalue weighted by Crippen LogP contribution is 2.42. The van der Waals surface area contributed by atoms with E-state index < -0.39 is 5.97 Å². The van der Waals surface area contributed by atoms with Gasteiger partial charge < -0.3 is 14.4 Å². The number of hydrogen-bond acceptors (Lipinski definition) is 5. The van der Waals surface area contributed by atoms with Crippen molar-refractivity contribution in [3.63, 3.8) is 0 Å². The van der Waals surface area contributed by atoms with Crippen molar-refractivity contribution >= 4 is 40.1 Å². The SMILES string of the molecule is COC(=O)Cn1cc2nc(C)c(CN=[N+]=[N-])c(-c3ccc(Cl)cc3Cl)c2c1O. The molecule has 2 heterocycles. The average molecular weight is 420 g/mol. The lowest BCUT2D eigenvalue weighted by molar-refractivity contribution is -0.141. The van der Waals surface area contributed by atoms with Crippen LogP contribution in [0, 0.1) is 6.92 Å². The molecular formula is C18H15Cl2N5O3. The summed E-state index contributed by atoms with van der Waals surface area (Å²) in [5.41, 5.74) is 11.6. The topological polar surface area (TPSA) is 113 Å². The Morgan fingerprint density at radius 3 is 2.82 bits per heavy atom. The number of carbonyl (C=O) groups is 1. The minimum absolute atomic E-state index is 0.0151. The third-order valence-corrected chi connectivity index (χ3v) is 4.87. The minimum Gasteiger partial charge on any atom is -0.494 e. The molecular weight excluding hydrogens is 405 g/mol. The molecule has 0 fully saturated rings. The first kappa shape index (κ1) is 19.8. The highest BCUT2D eigenvalue weighted by molar-refractivity contribution is 6.36. The van der Waals surface area contributed by atoms with Gasteiger partial charge in [0.15, 0.2) is 0 Å². The van der Waals surface area contributed by atoms with E-state index in [1.165, 1.54) is 11.7 Å². The number of esters is 1. The second-order valence-corrected chi connectivity index (χ2v) is 6.82. The van der Waals surface area contributed by atoms with E-state index in [9.17, 15) is 9.90 Å². The van der Waals surface area contributed by atoms with Gasteiger partial charge in [0.1, 0.15) is 6.54 Å². The number of halogens is 2. The summed E-state index contributed by atoms with van der Waals surface area (Å²) in [6.45, 7) is 1.60. The summed E-state index contributed by atoms with van der Waals surface area (Å²) in [7, 11) is 1.27. The third-order valence-electron chi connectivity index (χ3n) is 4.33. The van der Waals surface area contributed by atoms with Gasteiger partial charge in [-0.3, -0.25) is 9.78 Å². The smallest absolute Gasteiger partial charge is 0.325 e. The lowest BCUT2D eigenvalue weighted by Crippen LogP contribution is -2.10. The first-order chi connectivity index (χ1) is 13.4. The molecule has 0 amide bonds. The van der Waals surface area contributed by atoms with E-state index in [1.54, 1.807) is 31.3 Å². The molecule has 0 aliphatic heterocycles. The summed E-state index contributed by atoms with van der Waals surface area (Å²) in [5.74, 6) is -0.691. The van der Waals surface area contributed by atoms with Crippen molar-refractivity contribution in [1.29, 1.82) is 0 Å². The Morgan fingerprint density at radius 2 is 2.18 bits per heavy atom. The molecule has 28 heavy (non-hydrogen) atoms. The van der Waals surface area contributed by atoms with E-state index in [4.69, 9.17) is 28.7 Å². The number of aromatic nitrogens is 2. The molecule has 2 aromatic heterocycles. The highest BCUT2D eigenvalue weighted by Gasteiger charge is 2.22. The lowest BCUT2D eigenvalue weighted by Gasteiger charge is -2.14. The van der Waals surface area contributed by atoms with Gasteiger partial charge in [0.2, 0.25) is 5.88 Å². The second-order valence-electron chi connectivity index (χ2n) is 5.98. The molecule has 8 nitrogen and oxygen atoms in total. The van der Waals surface area contributed by atoms with Crippen LogP contribution in [-0.2, 0) is 22.6 Å². The maximum atomic E-state index is 11.7. The number of hydrogen-bond donors (Lipinski definition) is 1. The van der Waals surface area contributed by atoms with Crippen LogP contribution in [0.15, 0.2) is 29.5 Å². The molecule has 1 N–H and O–H groups in total. The molecule has 0 aliphatic rings. The van der Waals surface area contributed by atoms with Crippen molar-refractivity contribution in [3.05, 3.63) is 56.1 Å². The summed E-state index contributed by atoms with van der Waals surface area (Å²) in [5, 5.41) is 15.7. The van der Waals surface area contributed by atoms with Crippen LogP contribution in [0.25, 0.3) is 32.5 Å². The van der Waals surface area contributed by atoms with Gasteiger partial charge >= 0.3 is 5.97 Å². The quantitative estimate of drug-likeness (QED) is 0.271. The molecule has 0 saturated heterocycles. The van der Waals surface area contributed by atoms with Crippen LogP contribution in [0.2, 0.25) is 10.0 Å². The fourth-order valence-corrected chi connectivity index (χ4v) is 3.55. The molecule has 10 heteroatoms. The van der Waals surface area contributed by atoms with E-state index >= 15 is 0 Å². The van der Waals surface area contributed by atoms with E-state index in [-0.39, 0.29) is 19.0 Å². The summed E-state index contributed by atoms with van der Waals surface area (Å²) >= 11 is 12.4. The van der Waals surface area contributed by atoms with Gasteiger partial charge in [0.25, 0.3) is 0 Å². The number of benzene rings is 1. The summed E-state index contributed by atoms with van der Waals surface area (Å²) in [6, 6.07) is 4.97. The molecule has 1 aromatic carbocycles. The van der Waals surface area contributed by atoms with Crippen molar-refractivity contribution in [3.8, 4) is 17.0 Å². The normalized spacial score (nSPS) is 10.7. The Kier molecular flexibility index (Phi) is 5.65. The van der Waals surface area contributed by atoms with Crippen molar-refractivity contribution in [2.75, 3.05) is 7.11 Å². The van der Waals surface area contributed by atoms with Crippen LogP contribution < -0.4 is 0 Å². The number of fused-ring (bicyclic) bond motifs is 1. The van der Waals surface area contributed by atoms with Gasteiger partial charge in [-0.15, -0.1) is 0 Å². The molecule has 144 valence electrons. The Bertz CT molecular complexity index is 1140. The Hall–Kier alpha value is -2.93. The van der Waals surface area contributed by atoms with E-state index in [0.717, 1.165) is 0 Å². The maximum absolute atomic E-state index is 11.7. The summed E-state index contributed by atoms with van der Waals surface area (Å²) in [6.07, 6.45) is 1.55. The van der Waals surface area contributed by atoms with Gasteiger partial charge in [0, 0.05) is 38.0 Å².